The van der Waals surface area contributed by atoms with E-state index in [0.29, 0.717) is 16.4 Å². The maximum Gasteiger partial charge on any atom is 0.197 e. The number of nitrogens with zero attached hydrogens (tertiary/aromatic N) is 2. The molecule has 0 saturated heterocycles. The Balaban J connectivity index is 2.09. The van der Waals surface area contributed by atoms with Gasteiger partial charge in [0.05, 0.1) is 30.3 Å². The highest BCUT2D eigenvalue weighted by atomic mass is 32.1. The highest BCUT2D eigenvalue weighted by Crippen LogP contribution is 2.27. The molecule has 0 aliphatic heterocycles. The van der Waals surface area contributed by atoms with Crippen LogP contribution in [0.4, 0.5) is 4.39 Å². The third-order valence-electron chi connectivity index (χ3n) is 4.31. The van der Waals surface area contributed by atoms with Crippen molar-refractivity contribution >= 4 is 33.1 Å². The molecular formula is C19H15FN2O3S. The summed E-state index contributed by atoms with van der Waals surface area (Å²) in [5.41, 5.74) is 1.69. The Labute approximate surface area is 151 Å². The highest BCUT2D eigenvalue weighted by Gasteiger charge is 2.15. The molecule has 0 spiro atoms. The van der Waals surface area contributed by atoms with Crippen LogP contribution in [0.2, 0.25) is 0 Å². The average molecular weight is 370 g/mol. The largest absolute Gasteiger partial charge is 0.394 e. The van der Waals surface area contributed by atoms with Gasteiger partial charge in [-0.2, -0.15) is 0 Å². The van der Waals surface area contributed by atoms with E-state index in [-0.39, 0.29) is 17.4 Å². The lowest BCUT2D eigenvalue weighted by molar-refractivity contribution is 0.0830. The van der Waals surface area contributed by atoms with Gasteiger partial charge in [0, 0.05) is 27.9 Å². The van der Waals surface area contributed by atoms with Crippen molar-refractivity contribution in [3.8, 4) is 10.6 Å². The number of rotatable bonds is 4. The maximum atomic E-state index is 13.7. The van der Waals surface area contributed by atoms with E-state index in [1.807, 2.05) is 11.4 Å². The number of pyridine rings is 1. The first kappa shape index (κ1) is 16.8. The molecule has 0 bridgehead atoms. The molecule has 0 amide bonds. The summed E-state index contributed by atoms with van der Waals surface area (Å²) in [5.74, 6) is -0.498. The average Bonchev–Trinajstić information content (AvgIpc) is 3.19. The molecule has 0 aliphatic carbocycles. The van der Waals surface area contributed by atoms with Gasteiger partial charge in [-0.05, 0) is 30.3 Å². The smallest absolute Gasteiger partial charge is 0.197 e. The Morgan fingerprint density at radius 1 is 1.15 bits per heavy atom. The minimum Gasteiger partial charge on any atom is -0.394 e. The summed E-state index contributed by atoms with van der Waals surface area (Å²) in [6.07, 6.45) is 0.702. The third-order valence-corrected chi connectivity index (χ3v) is 5.13. The van der Waals surface area contributed by atoms with Gasteiger partial charge in [-0.1, -0.05) is 6.07 Å². The predicted octanol–water partition coefficient (Wildman–Crippen LogP) is 2.77. The lowest BCUT2D eigenvalue weighted by atomic mass is 10.1. The molecule has 4 aromatic rings. The summed E-state index contributed by atoms with van der Waals surface area (Å²) in [6, 6.07) is 9.34. The van der Waals surface area contributed by atoms with Gasteiger partial charge < -0.3 is 14.8 Å². The zero-order chi connectivity index (χ0) is 18.3. The van der Waals surface area contributed by atoms with Gasteiger partial charge in [0.25, 0.3) is 0 Å². The fourth-order valence-electron chi connectivity index (χ4n) is 3.11. The summed E-state index contributed by atoms with van der Waals surface area (Å²) >= 11 is 1.48. The van der Waals surface area contributed by atoms with Crippen LogP contribution < -0.4 is 5.43 Å². The highest BCUT2D eigenvalue weighted by molar-refractivity contribution is 7.13. The molecule has 1 unspecified atom stereocenters. The Hall–Kier alpha value is -2.61. The van der Waals surface area contributed by atoms with E-state index >= 15 is 0 Å². The van der Waals surface area contributed by atoms with Crippen molar-refractivity contribution < 1.29 is 14.6 Å². The molecule has 0 saturated carbocycles. The minimum atomic E-state index is -1.00. The van der Waals surface area contributed by atoms with Crippen LogP contribution in [0.1, 0.15) is 0 Å². The topological polar surface area (TPSA) is 75.4 Å². The van der Waals surface area contributed by atoms with Crippen LogP contribution >= 0.6 is 11.3 Å². The van der Waals surface area contributed by atoms with Crippen molar-refractivity contribution in [2.24, 2.45) is 0 Å². The monoisotopic (exact) mass is 370 g/mol. The van der Waals surface area contributed by atoms with Crippen LogP contribution in [0.5, 0.6) is 0 Å². The fraction of sp³-hybridized carbons (Fsp3) is 0.158. The molecule has 0 fully saturated rings. The molecule has 5 nitrogen and oxygen atoms in total. The van der Waals surface area contributed by atoms with E-state index in [9.17, 15) is 19.4 Å². The molecule has 2 heterocycles. The number of hydrogen-bond donors (Lipinski definition) is 2. The number of thiazole rings is 1. The Kier molecular flexibility index (Phi) is 4.28. The van der Waals surface area contributed by atoms with Gasteiger partial charge in [-0.3, -0.25) is 4.79 Å². The molecule has 0 radical (unpaired) electrons. The summed E-state index contributed by atoms with van der Waals surface area (Å²) < 4.78 is 15.4. The molecule has 2 N–H and O–H groups in total. The van der Waals surface area contributed by atoms with Crippen LogP contribution in [0.15, 0.2) is 52.8 Å². The molecule has 2 aromatic carbocycles. The van der Waals surface area contributed by atoms with Gasteiger partial charge in [0.15, 0.2) is 5.43 Å². The van der Waals surface area contributed by atoms with Crippen molar-refractivity contribution in [2.75, 3.05) is 6.61 Å². The first-order chi connectivity index (χ1) is 12.6. The number of aromatic nitrogens is 2. The van der Waals surface area contributed by atoms with E-state index in [4.69, 9.17) is 0 Å². The number of halogens is 1. The Morgan fingerprint density at radius 2 is 2.00 bits per heavy atom. The van der Waals surface area contributed by atoms with Crippen LogP contribution in [-0.4, -0.2) is 32.5 Å². The first-order valence-corrected chi connectivity index (χ1v) is 8.91. The molecule has 132 valence electrons. The normalized spacial score (nSPS) is 12.7. The Morgan fingerprint density at radius 3 is 2.73 bits per heavy atom. The molecule has 26 heavy (non-hydrogen) atoms. The summed E-state index contributed by atoms with van der Waals surface area (Å²) in [6.45, 7) is -0.334. The van der Waals surface area contributed by atoms with Gasteiger partial charge in [-0.25, -0.2) is 9.37 Å². The van der Waals surface area contributed by atoms with E-state index < -0.39 is 18.5 Å². The summed E-state index contributed by atoms with van der Waals surface area (Å²) in [7, 11) is 0. The number of aliphatic hydroxyl groups is 2. The Bertz CT molecular complexity index is 1160. The zero-order valence-electron chi connectivity index (χ0n) is 13.6. The van der Waals surface area contributed by atoms with Crippen LogP contribution in [-0.2, 0) is 6.54 Å². The minimum absolute atomic E-state index is 0.0801. The van der Waals surface area contributed by atoms with E-state index in [0.717, 1.165) is 10.6 Å². The van der Waals surface area contributed by atoms with Crippen molar-refractivity contribution in [2.45, 2.75) is 12.6 Å². The van der Waals surface area contributed by atoms with E-state index in [2.05, 4.69) is 4.98 Å². The third kappa shape index (κ3) is 2.80. The number of fused-ring (bicyclic) bond motifs is 2. The summed E-state index contributed by atoms with van der Waals surface area (Å²) in [4.78, 5) is 17.1. The van der Waals surface area contributed by atoms with Crippen molar-refractivity contribution in [3.63, 3.8) is 0 Å². The van der Waals surface area contributed by atoms with Crippen molar-refractivity contribution in [1.29, 1.82) is 0 Å². The van der Waals surface area contributed by atoms with Crippen molar-refractivity contribution in [3.05, 3.63) is 64.0 Å². The lowest BCUT2D eigenvalue weighted by Crippen LogP contribution is -2.22. The number of benzene rings is 2. The molecule has 2 aromatic heterocycles. The zero-order valence-corrected chi connectivity index (χ0v) is 14.4. The van der Waals surface area contributed by atoms with E-state index in [1.165, 1.54) is 29.5 Å². The number of hydrogen-bond acceptors (Lipinski definition) is 5. The second-order valence-electron chi connectivity index (χ2n) is 6.01. The van der Waals surface area contributed by atoms with Gasteiger partial charge in [0.1, 0.15) is 10.8 Å². The van der Waals surface area contributed by atoms with Crippen molar-refractivity contribution in [1.82, 2.24) is 9.55 Å². The quantitative estimate of drug-likeness (QED) is 0.542. The molecule has 7 heteroatoms. The van der Waals surface area contributed by atoms with Gasteiger partial charge >= 0.3 is 0 Å². The molecule has 4 rings (SSSR count). The molecule has 1 atom stereocenters. The van der Waals surface area contributed by atoms with Gasteiger partial charge in [0.2, 0.25) is 0 Å². The van der Waals surface area contributed by atoms with Gasteiger partial charge in [-0.15, -0.1) is 11.3 Å². The second kappa shape index (κ2) is 6.60. The fourth-order valence-corrected chi connectivity index (χ4v) is 3.75. The van der Waals surface area contributed by atoms with Crippen LogP contribution in [0.25, 0.3) is 32.4 Å². The van der Waals surface area contributed by atoms with E-state index in [1.54, 1.807) is 22.9 Å². The lowest BCUT2D eigenvalue weighted by Gasteiger charge is -2.18. The standard InChI is InChI=1S/C19H15FN2O3S/c20-12-2-4-16-15(8-12)18(25)14-3-1-11(19-21-5-6-26-19)7-17(14)22(16)9-13(24)10-23/h1-8,13,23-24H,9-10H2. The number of aliphatic hydroxyl groups excluding tert-OH is 2. The first-order valence-electron chi connectivity index (χ1n) is 8.03. The van der Waals surface area contributed by atoms with Crippen LogP contribution in [0.3, 0.4) is 0 Å². The predicted molar refractivity (Wildman–Crippen MR) is 99.9 cm³/mol. The maximum absolute atomic E-state index is 13.7. The second-order valence-corrected chi connectivity index (χ2v) is 6.90. The molecule has 0 aliphatic rings. The SMILES string of the molecule is O=c1c2cc(F)ccc2n(CC(O)CO)c2cc(-c3nccs3)ccc12. The summed E-state index contributed by atoms with van der Waals surface area (Å²) in [5, 5.41) is 22.6. The molecular weight excluding hydrogens is 355 g/mol. The van der Waals surface area contributed by atoms with Crippen LogP contribution in [0, 0.1) is 5.82 Å².